The predicted molar refractivity (Wildman–Crippen MR) is 86.3 cm³/mol. The van der Waals surface area contributed by atoms with Crippen molar-refractivity contribution in [3.63, 3.8) is 0 Å². The number of anilines is 2. The van der Waals surface area contributed by atoms with Crippen LogP contribution in [0.15, 0.2) is 36.4 Å². The van der Waals surface area contributed by atoms with E-state index in [2.05, 4.69) is 5.32 Å². The van der Waals surface area contributed by atoms with Crippen LogP contribution in [0.4, 0.5) is 24.5 Å². The number of halogens is 3. The summed E-state index contributed by atoms with van der Waals surface area (Å²) in [5.74, 6) is -1.77. The molecule has 1 fully saturated rings. The van der Waals surface area contributed by atoms with Gasteiger partial charge in [-0.1, -0.05) is 12.1 Å². The summed E-state index contributed by atoms with van der Waals surface area (Å²) < 4.78 is 41.8. The lowest BCUT2D eigenvalue weighted by Gasteiger charge is -2.34. The van der Waals surface area contributed by atoms with Gasteiger partial charge in [-0.15, -0.1) is 0 Å². The van der Waals surface area contributed by atoms with Gasteiger partial charge in [0.05, 0.1) is 17.3 Å². The third-order valence-electron chi connectivity index (χ3n) is 4.19. The van der Waals surface area contributed by atoms with Crippen molar-refractivity contribution in [2.75, 3.05) is 23.3 Å². The molecule has 0 atom stereocenters. The summed E-state index contributed by atoms with van der Waals surface area (Å²) in [5.41, 5.74) is 0.301. The number of rotatable bonds is 3. The number of para-hydroxylation sites is 1. The van der Waals surface area contributed by atoms with Gasteiger partial charge in [0.1, 0.15) is 11.5 Å². The third kappa shape index (κ3) is 3.30. The van der Waals surface area contributed by atoms with Crippen molar-refractivity contribution in [1.29, 1.82) is 5.26 Å². The molecule has 0 spiro atoms. The summed E-state index contributed by atoms with van der Waals surface area (Å²) in [6.07, 6.45) is 1.26. The molecular formula is C18H16F3N3. The molecule has 1 aliphatic rings. The lowest BCUT2D eigenvalue weighted by Crippen LogP contribution is -2.40. The molecule has 2 aromatic carbocycles. The molecule has 1 heterocycles. The van der Waals surface area contributed by atoms with E-state index in [0.717, 1.165) is 12.1 Å². The third-order valence-corrected chi connectivity index (χ3v) is 4.19. The van der Waals surface area contributed by atoms with Crippen LogP contribution in [0, 0.1) is 28.8 Å². The van der Waals surface area contributed by atoms with Gasteiger partial charge in [0, 0.05) is 19.1 Å². The van der Waals surface area contributed by atoms with Crippen LogP contribution in [0.3, 0.4) is 0 Å². The van der Waals surface area contributed by atoms with Crippen molar-refractivity contribution in [3.8, 4) is 6.07 Å². The van der Waals surface area contributed by atoms with E-state index < -0.39 is 11.6 Å². The zero-order chi connectivity index (χ0) is 17.1. The SMILES string of the molecule is N#Cc1cc(F)c(N2CCC(Nc3ccccc3F)CC2)c(F)c1. The van der Waals surface area contributed by atoms with E-state index in [-0.39, 0.29) is 23.1 Å². The van der Waals surface area contributed by atoms with Gasteiger partial charge in [0.15, 0.2) is 11.6 Å². The maximum Gasteiger partial charge on any atom is 0.150 e. The molecule has 24 heavy (non-hydrogen) atoms. The molecule has 0 bridgehead atoms. The van der Waals surface area contributed by atoms with Gasteiger partial charge in [-0.25, -0.2) is 13.2 Å². The van der Waals surface area contributed by atoms with Gasteiger partial charge >= 0.3 is 0 Å². The minimum Gasteiger partial charge on any atom is -0.380 e. The maximum absolute atomic E-state index is 14.1. The molecule has 0 radical (unpaired) electrons. The van der Waals surface area contributed by atoms with Gasteiger partial charge in [-0.05, 0) is 37.1 Å². The highest BCUT2D eigenvalue weighted by atomic mass is 19.1. The number of nitrogens with one attached hydrogen (secondary N) is 1. The minimum absolute atomic E-state index is 0.0372. The number of hydrogen-bond acceptors (Lipinski definition) is 3. The van der Waals surface area contributed by atoms with E-state index in [0.29, 0.717) is 31.6 Å². The molecule has 1 N–H and O–H groups in total. The molecule has 3 nitrogen and oxygen atoms in total. The van der Waals surface area contributed by atoms with Crippen molar-refractivity contribution in [2.45, 2.75) is 18.9 Å². The van der Waals surface area contributed by atoms with Gasteiger partial charge in [-0.3, -0.25) is 0 Å². The van der Waals surface area contributed by atoms with Crippen molar-refractivity contribution in [1.82, 2.24) is 0 Å². The highest BCUT2D eigenvalue weighted by Crippen LogP contribution is 2.28. The Balaban J connectivity index is 1.68. The van der Waals surface area contributed by atoms with E-state index in [9.17, 15) is 13.2 Å². The van der Waals surface area contributed by atoms with Gasteiger partial charge in [-0.2, -0.15) is 5.26 Å². The Bertz CT molecular complexity index is 754. The molecular weight excluding hydrogens is 315 g/mol. The standard InChI is InChI=1S/C18H16F3N3/c19-14-3-1-2-4-17(14)23-13-5-7-24(8-6-13)18-15(20)9-12(11-22)10-16(18)21/h1-4,9-10,13,23H,5-8H2. The lowest BCUT2D eigenvalue weighted by molar-refractivity contribution is 0.499. The Labute approximate surface area is 138 Å². The average molecular weight is 331 g/mol. The largest absolute Gasteiger partial charge is 0.380 e. The van der Waals surface area contributed by atoms with Crippen molar-refractivity contribution < 1.29 is 13.2 Å². The Morgan fingerprint density at radius 1 is 1.00 bits per heavy atom. The zero-order valence-corrected chi connectivity index (χ0v) is 12.9. The van der Waals surface area contributed by atoms with Crippen LogP contribution in [0.25, 0.3) is 0 Å². The summed E-state index contributed by atoms with van der Waals surface area (Å²) in [7, 11) is 0. The Morgan fingerprint density at radius 3 is 2.21 bits per heavy atom. The molecule has 1 saturated heterocycles. The van der Waals surface area contributed by atoms with Gasteiger partial charge < -0.3 is 10.2 Å². The Hall–Kier alpha value is -2.68. The molecule has 2 aromatic rings. The van der Waals surface area contributed by atoms with Crippen LogP contribution >= 0.6 is 0 Å². The number of piperidine rings is 1. The van der Waals surface area contributed by atoms with Crippen LogP contribution in [-0.2, 0) is 0 Å². The molecule has 1 aliphatic heterocycles. The molecule has 0 aromatic heterocycles. The normalized spacial score (nSPS) is 15.2. The second-order valence-corrected chi connectivity index (χ2v) is 5.79. The second-order valence-electron chi connectivity index (χ2n) is 5.79. The first kappa shape index (κ1) is 16.2. The quantitative estimate of drug-likeness (QED) is 0.922. The van der Waals surface area contributed by atoms with Gasteiger partial charge in [0.25, 0.3) is 0 Å². The van der Waals surface area contributed by atoms with Crippen LogP contribution in [0.5, 0.6) is 0 Å². The number of benzene rings is 2. The van der Waals surface area contributed by atoms with E-state index in [1.54, 1.807) is 29.2 Å². The predicted octanol–water partition coefficient (Wildman–Crippen LogP) is 4.06. The van der Waals surface area contributed by atoms with Crippen molar-refractivity contribution in [3.05, 3.63) is 59.4 Å². The fraction of sp³-hybridized carbons (Fsp3) is 0.278. The summed E-state index contributed by atoms with van der Waals surface area (Å²) in [4.78, 5) is 1.63. The number of nitriles is 1. The maximum atomic E-state index is 14.1. The molecule has 124 valence electrons. The first-order valence-corrected chi connectivity index (χ1v) is 7.73. The molecule has 0 saturated carbocycles. The van der Waals surface area contributed by atoms with Crippen LogP contribution in [0.2, 0.25) is 0 Å². The van der Waals surface area contributed by atoms with Crippen LogP contribution in [-0.4, -0.2) is 19.1 Å². The van der Waals surface area contributed by atoms with Crippen LogP contribution < -0.4 is 10.2 Å². The van der Waals surface area contributed by atoms with E-state index in [4.69, 9.17) is 5.26 Å². The molecule has 0 aliphatic carbocycles. The van der Waals surface area contributed by atoms with Crippen molar-refractivity contribution in [2.24, 2.45) is 0 Å². The van der Waals surface area contributed by atoms with E-state index >= 15 is 0 Å². The first-order chi connectivity index (χ1) is 11.6. The van der Waals surface area contributed by atoms with E-state index in [1.807, 2.05) is 0 Å². The van der Waals surface area contributed by atoms with E-state index in [1.165, 1.54) is 6.07 Å². The van der Waals surface area contributed by atoms with Crippen LogP contribution in [0.1, 0.15) is 18.4 Å². The zero-order valence-electron chi connectivity index (χ0n) is 12.9. The Morgan fingerprint density at radius 2 is 1.62 bits per heavy atom. The second kappa shape index (κ2) is 6.83. The minimum atomic E-state index is -0.730. The van der Waals surface area contributed by atoms with Crippen molar-refractivity contribution >= 4 is 11.4 Å². The fourth-order valence-electron chi connectivity index (χ4n) is 2.98. The number of hydrogen-bond donors (Lipinski definition) is 1. The van der Waals surface area contributed by atoms with Gasteiger partial charge in [0.2, 0.25) is 0 Å². The topological polar surface area (TPSA) is 39.1 Å². The molecule has 3 rings (SSSR count). The number of nitrogens with zero attached hydrogens (tertiary/aromatic N) is 2. The highest BCUT2D eigenvalue weighted by Gasteiger charge is 2.24. The fourth-order valence-corrected chi connectivity index (χ4v) is 2.98. The summed E-state index contributed by atoms with van der Waals surface area (Å²) in [5, 5.41) is 11.9. The monoisotopic (exact) mass is 331 g/mol. The Kier molecular flexibility index (Phi) is 4.61. The summed E-state index contributed by atoms with van der Waals surface area (Å²) in [6.45, 7) is 0.901. The first-order valence-electron chi connectivity index (χ1n) is 7.73. The smallest absolute Gasteiger partial charge is 0.150 e. The molecule has 0 amide bonds. The molecule has 6 heteroatoms. The average Bonchev–Trinajstić information content (AvgIpc) is 2.57. The summed E-state index contributed by atoms with van der Waals surface area (Å²) in [6, 6.07) is 10.3. The molecule has 0 unspecified atom stereocenters. The lowest BCUT2D eigenvalue weighted by atomic mass is 10.0. The highest BCUT2D eigenvalue weighted by molar-refractivity contribution is 5.53. The summed E-state index contributed by atoms with van der Waals surface area (Å²) >= 11 is 0.